The van der Waals surface area contributed by atoms with Gasteiger partial charge in [0.15, 0.2) is 0 Å². The number of nitrogens with zero attached hydrogens (tertiary/aromatic N) is 3. The summed E-state index contributed by atoms with van der Waals surface area (Å²) in [4.78, 5) is 11.7. The molecule has 0 aliphatic rings. The van der Waals surface area contributed by atoms with E-state index >= 15 is 0 Å². The molecule has 2 rings (SSSR count). The second-order valence-corrected chi connectivity index (χ2v) is 3.25. The van der Waals surface area contributed by atoms with Gasteiger partial charge in [-0.3, -0.25) is 9.48 Å². The van der Waals surface area contributed by atoms with Gasteiger partial charge in [-0.2, -0.15) is 5.10 Å². The third-order valence-corrected chi connectivity index (χ3v) is 2.10. The van der Waals surface area contributed by atoms with E-state index in [1.807, 2.05) is 0 Å². The minimum Gasteiger partial charge on any atom is -0.396 e. The zero-order chi connectivity index (χ0) is 11.5. The molecule has 7 heteroatoms. The van der Waals surface area contributed by atoms with Crippen molar-refractivity contribution in [1.82, 2.24) is 20.3 Å². The van der Waals surface area contributed by atoms with E-state index in [0.29, 0.717) is 23.6 Å². The first kappa shape index (κ1) is 10.2. The fraction of sp³-hybridized carbons (Fsp3) is 0.222. The van der Waals surface area contributed by atoms with Crippen LogP contribution in [0.5, 0.6) is 0 Å². The van der Waals surface area contributed by atoms with E-state index in [0.717, 1.165) is 0 Å². The molecule has 0 aliphatic heterocycles. The summed E-state index contributed by atoms with van der Waals surface area (Å²) < 4.78 is 6.07. The Kier molecular flexibility index (Phi) is 2.59. The number of aryl methyl sites for hydroxylation is 1. The minimum absolute atomic E-state index is 0.291. The summed E-state index contributed by atoms with van der Waals surface area (Å²) in [7, 11) is 1.65. The molecule has 0 unspecified atom stereocenters. The van der Waals surface area contributed by atoms with Gasteiger partial charge in [-0.1, -0.05) is 5.16 Å². The normalized spacial score (nSPS) is 10.3. The Labute approximate surface area is 91.2 Å². The number of hydrogen-bond donors (Lipinski definition) is 2. The largest absolute Gasteiger partial charge is 0.396 e. The third-order valence-electron chi connectivity index (χ3n) is 2.10. The zero-order valence-electron chi connectivity index (χ0n) is 8.67. The summed E-state index contributed by atoms with van der Waals surface area (Å²) in [5.74, 6) is -0.291. The summed E-state index contributed by atoms with van der Waals surface area (Å²) in [5.41, 5.74) is 6.94. The predicted molar refractivity (Wildman–Crippen MR) is 55.3 cm³/mol. The summed E-state index contributed by atoms with van der Waals surface area (Å²) in [5, 5.41) is 10.2. The van der Waals surface area contributed by atoms with Crippen LogP contribution in [-0.2, 0) is 13.6 Å². The van der Waals surface area contributed by atoms with Gasteiger partial charge in [0.2, 0.25) is 0 Å². The van der Waals surface area contributed by atoms with E-state index in [9.17, 15) is 4.79 Å². The maximum atomic E-state index is 11.7. The Hall–Kier alpha value is -2.31. The summed E-state index contributed by atoms with van der Waals surface area (Å²) in [6, 6.07) is 1.67. The van der Waals surface area contributed by atoms with Crippen molar-refractivity contribution in [2.45, 2.75) is 6.54 Å². The van der Waals surface area contributed by atoms with Gasteiger partial charge in [-0.15, -0.1) is 0 Å². The Bertz CT molecular complexity index is 468. The first-order valence-corrected chi connectivity index (χ1v) is 4.63. The fourth-order valence-corrected chi connectivity index (χ4v) is 1.32. The molecular formula is C9H11N5O2. The van der Waals surface area contributed by atoms with Gasteiger partial charge >= 0.3 is 0 Å². The Balaban J connectivity index is 2.04. The van der Waals surface area contributed by atoms with Crippen LogP contribution < -0.4 is 11.1 Å². The van der Waals surface area contributed by atoms with E-state index in [1.165, 1.54) is 17.1 Å². The van der Waals surface area contributed by atoms with Crippen molar-refractivity contribution in [2.24, 2.45) is 7.05 Å². The Morgan fingerprint density at radius 2 is 2.50 bits per heavy atom. The third kappa shape index (κ3) is 1.88. The van der Waals surface area contributed by atoms with Gasteiger partial charge in [0, 0.05) is 13.1 Å². The molecule has 2 aromatic rings. The van der Waals surface area contributed by atoms with E-state index in [2.05, 4.69) is 20.1 Å². The molecule has 2 heterocycles. The van der Waals surface area contributed by atoms with E-state index in [-0.39, 0.29) is 5.91 Å². The van der Waals surface area contributed by atoms with Crippen molar-refractivity contribution < 1.29 is 9.32 Å². The van der Waals surface area contributed by atoms with Gasteiger partial charge < -0.3 is 15.6 Å². The number of nitrogens with one attached hydrogen (secondary N) is 1. The van der Waals surface area contributed by atoms with Crippen LogP contribution in [0.4, 0.5) is 5.69 Å². The van der Waals surface area contributed by atoms with Crippen molar-refractivity contribution in [3.63, 3.8) is 0 Å². The molecule has 16 heavy (non-hydrogen) atoms. The molecule has 1 amide bonds. The quantitative estimate of drug-likeness (QED) is 0.755. The highest BCUT2D eigenvalue weighted by molar-refractivity contribution is 5.97. The molecule has 0 radical (unpaired) electrons. The van der Waals surface area contributed by atoms with E-state index in [1.54, 1.807) is 13.1 Å². The van der Waals surface area contributed by atoms with E-state index < -0.39 is 0 Å². The van der Waals surface area contributed by atoms with Gasteiger partial charge in [-0.05, 0) is 0 Å². The number of hydrogen-bond acceptors (Lipinski definition) is 5. The fourth-order valence-electron chi connectivity index (χ4n) is 1.32. The molecule has 3 N–H and O–H groups in total. The smallest absolute Gasteiger partial charge is 0.272 e. The van der Waals surface area contributed by atoms with Crippen LogP contribution in [0, 0.1) is 0 Å². The molecule has 0 aromatic carbocycles. The highest BCUT2D eigenvalue weighted by atomic mass is 16.5. The lowest BCUT2D eigenvalue weighted by molar-refractivity contribution is 0.0941. The van der Waals surface area contributed by atoms with Crippen LogP contribution in [0.25, 0.3) is 0 Å². The van der Waals surface area contributed by atoms with Crippen molar-refractivity contribution in [1.29, 1.82) is 0 Å². The van der Waals surface area contributed by atoms with Crippen LogP contribution in [0.1, 0.15) is 16.2 Å². The molecule has 7 nitrogen and oxygen atoms in total. The summed E-state index contributed by atoms with van der Waals surface area (Å²) in [6.45, 7) is 0.292. The van der Waals surface area contributed by atoms with Crippen molar-refractivity contribution in [3.05, 3.63) is 29.9 Å². The highest BCUT2D eigenvalue weighted by Crippen LogP contribution is 2.08. The number of aromatic nitrogens is 3. The average molecular weight is 221 g/mol. The van der Waals surface area contributed by atoms with Gasteiger partial charge in [0.1, 0.15) is 17.7 Å². The molecule has 0 saturated heterocycles. The predicted octanol–water partition coefficient (Wildman–Crippen LogP) is -0.0797. The standard InChI is InChI=1S/C9H11N5O2/c1-14-8(7(10)5-12-14)9(15)11-4-6-2-3-16-13-6/h2-3,5H,4,10H2,1H3,(H,11,15). The monoisotopic (exact) mass is 221 g/mol. The molecule has 0 spiro atoms. The van der Waals surface area contributed by atoms with Gasteiger partial charge in [0.25, 0.3) is 5.91 Å². The highest BCUT2D eigenvalue weighted by Gasteiger charge is 2.14. The van der Waals surface area contributed by atoms with Crippen LogP contribution in [-0.4, -0.2) is 20.8 Å². The van der Waals surface area contributed by atoms with Crippen molar-refractivity contribution >= 4 is 11.6 Å². The SMILES string of the molecule is Cn1ncc(N)c1C(=O)NCc1ccon1. The number of rotatable bonds is 3. The first-order valence-electron chi connectivity index (χ1n) is 4.63. The number of anilines is 1. The molecule has 2 aromatic heterocycles. The summed E-state index contributed by atoms with van der Waals surface area (Å²) in [6.07, 6.45) is 2.88. The number of carbonyl (C=O) groups excluding carboxylic acids is 1. The summed E-state index contributed by atoms with van der Waals surface area (Å²) >= 11 is 0. The zero-order valence-corrected chi connectivity index (χ0v) is 8.67. The molecule has 0 bridgehead atoms. The molecule has 0 aliphatic carbocycles. The van der Waals surface area contributed by atoms with Gasteiger partial charge in [0.05, 0.1) is 18.4 Å². The van der Waals surface area contributed by atoms with E-state index in [4.69, 9.17) is 5.73 Å². The number of carbonyl (C=O) groups is 1. The topological polar surface area (TPSA) is 99.0 Å². The lowest BCUT2D eigenvalue weighted by Crippen LogP contribution is -2.26. The maximum Gasteiger partial charge on any atom is 0.272 e. The molecule has 0 atom stereocenters. The minimum atomic E-state index is -0.291. The number of nitrogen functional groups attached to an aromatic ring is 1. The lowest BCUT2D eigenvalue weighted by Gasteiger charge is -2.03. The van der Waals surface area contributed by atoms with Crippen LogP contribution in [0.3, 0.4) is 0 Å². The molecular weight excluding hydrogens is 210 g/mol. The number of amides is 1. The van der Waals surface area contributed by atoms with Crippen molar-refractivity contribution in [2.75, 3.05) is 5.73 Å². The van der Waals surface area contributed by atoms with Crippen molar-refractivity contribution in [3.8, 4) is 0 Å². The maximum absolute atomic E-state index is 11.7. The Morgan fingerprint density at radius 1 is 1.69 bits per heavy atom. The molecule has 0 saturated carbocycles. The van der Waals surface area contributed by atoms with Crippen LogP contribution >= 0.6 is 0 Å². The van der Waals surface area contributed by atoms with Gasteiger partial charge in [-0.25, -0.2) is 0 Å². The van der Waals surface area contributed by atoms with Crippen LogP contribution in [0.15, 0.2) is 23.0 Å². The average Bonchev–Trinajstić information content (AvgIpc) is 2.86. The first-order chi connectivity index (χ1) is 7.68. The Morgan fingerprint density at radius 3 is 3.06 bits per heavy atom. The van der Waals surface area contributed by atoms with Crippen LogP contribution in [0.2, 0.25) is 0 Å². The molecule has 0 fully saturated rings. The second kappa shape index (κ2) is 4.05. The molecule has 84 valence electrons. The second-order valence-electron chi connectivity index (χ2n) is 3.25. The number of nitrogens with two attached hydrogens (primary N) is 1. The lowest BCUT2D eigenvalue weighted by atomic mass is 10.3.